The second-order valence-corrected chi connectivity index (χ2v) is 7.97. The zero-order valence-corrected chi connectivity index (χ0v) is 12.3. The lowest BCUT2D eigenvalue weighted by Gasteiger charge is -2.38. The van der Waals surface area contributed by atoms with Gasteiger partial charge < -0.3 is 5.32 Å². The fourth-order valence-electron chi connectivity index (χ4n) is 3.42. The number of hydrogen-bond acceptors (Lipinski definition) is 3. The van der Waals surface area contributed by atoms with Gasteiger partial charge in [0.25, 0.3) is 0 Å². The molecule has 1 N–H and O–H groups in total. The van der Waals surface area contributed by atoms with Crippen molar-refractivity contribution in [3.05, 3.63) is 0 Å². The Kier molecular flexibility index (Phi) is 4.67. The molecule has 106 valence electrons. The molecule has 18 heavy (non-hydrogen) atoms. The molecular formula is C13H26N2O2S. The summed E-state index contributed by atoms with van der Waals surface area (Å²) in [6.07, 6.45) is 8.20. The summed E-state index contributed by atoms with van der Waals surface area (Å²) in [5.74, 6) is 0.292. The lowest BCUT2D eigenvalue weighted by atomic mass is 9.78. The first kappa shape index (κ1) is 14.3. The average molecular weight is 274 g/mol. The van der Waals surface area contributed by atoms with E-state index < -0.39 is 10.0 Å². The van der Waals surface area contributed by atoms with Crippen LogP contribution in [0.25, 0.3) is 0 Å². The van der Waals surface area contributed by atoms with Crippen molar-refractivity contribution in [1.29, 1.82) is 0 Å². The minimum Gasteiger partial charge on any atom is -0.320 e. The van der Waals surface area contributed by atoms with E-state index in [2.05, 4.69) is 5.32 Å². The number of nitrogens with zero attached hydrogens (tertiary/aromatic N) is 1. The van der Waals surface area contributed by atoms with E-state index in [1.54, 1.807) is 4.31 Å². The molecule has 1 spiro atoms. The topological polar surface area (TPSA) is 49.4 Å². The van der Waals surface area contributed by atoms with Crippen LogP contribution in [0.1, 0.15) is 44.9 Å². The van der Waals surface area contributed by atoms with Gasteiger partial charge >= 0.3 is 0 Å². The van der Waals surface area contributed by atoms with Crippen LogP contribution in [0.3, 0.4) is 0 Å². The smallest absolute Gasteiger partial charge is 0.214 e. The van der Waals surface area contributed by atoms with Crippen LogP contribution in [-0.4, -0.2) is 45.2 Å². The van der Waals surface area contributed by atoms with Gasteiger partial charge in [-0.3, -0.25) is 0 Å². The fraction of sp³-hybridized carbons (Fsp3) is 1.00. The number of piperidine rings is 1. The molecule has 4 nitrogen and oxygen atoms in total. The number of hydrogen-bond donors (Lipinski definition) is 1. The van der Waals surface area contributed by atoms with Crippen LogP contribution in [0.5, 0.6) is 0 Å². The Labute approximate surface area is 111 Å². The van der Waals surface area contributed by atoms with Crippen molar-refractivity contribution in [1.82, 2.24) is 9.62 Å². The summed E-state index contributed by atoms with van der Waals surface area (Å²) in [6.45, 7) is 2.28. The van der Waals surface area contributed by atoms with Gasteiger partial charge in [0.05, 0.1) is 5.75 Å². The van der Waals surface area contributed by atoms with E-state index in [4.69, 9.17) is 0 Å². The molecule has 0 aromatic rings. The van der Waals surface area contributed by atoms with Crippen molar-refractivity contribution in [3.63, 3.8) is 0 Å². The lowest BCUT2D eigenvalue weighted by molar-refractivity contribution is 0.160. The summed E-state index contributed by atoms with van der Waals surface area (Å²) in [4.78, 5) is 0. The third-order valence-electron chi connectivity index (χ3n) is 4.67. The highest BCUT2D eigenvalue weighted by molar-refractivity contribution is 7.89. The minimum absolute atomic E-state index is 0.292. The maximum atomic E-state index is 12.2. The summed E-state index contributed by atoms with van der Waals surface area (Å²) in [5.41, 5.74) is 0.497. The van der Waals surface area contributed by atoms with Gasteiger partial charge in [0.1, 0.15) is 0 Å². The molecule has 2 rings (SSSR count). The molecule has 0 aromatic carbocycles. The van der Waals surface area contributed by atoms with Gasteiger partial charge in [-0.05, 0) is 51.1 Å². The third kappa shape index (κ3) is 3.25. The molecule has 0 atom stereocenters. The summed E-state index contributed by atoms with van der Waals surface area (Å²) in [6, 6.07) is 0. The molecule has 1 heterocycles. The van der Waals surface area contributed by atoms with Crippen molar-refractivity contribution in [2.45, 2.75) is 44.9 Å². The molecule has 0 unspecified atom stereocenters. The lowest BCUT2D eigenvalue weighted by Crippen LogP contribution is -2.43. The van der Waals surface area contributed by atoms with Gasteiger partial charge in [-0.2, -0.15) is 0 Å². The van der Waals surface area contributed by atoms with E-state index in [0.29, 0.717) is 17.6 Å². The zero-order chi connectivity index (χ0) is 13.1. The van der Waals surface area contributed by atoms with E-state index in [9.17, 15) is 8.42 Å². The standard InChI is InChI=1S/C13H26N2O2S/c1-14-9-4-12-18(16,17)15-10-7-13(8-11-15)5-2-3-6-13/h14H,2-12H2,1H3. The second-order valence-electron chi connectivity index (χ2n) is 5.88. The van der Waals surface area contributed by atoms with Crippen LogP contribution in [0.2, 0.25) is 0 Å². The number of sulfonamides is 1. The molecule has 1 saturated carbocycles. The average Bonchev–Trinajstić information content (AvgIpc) is 2.78. The molecule has 1 saturated heterocycles. The van der Waals surface area contributed by atoms with Gasteiger partial charge in [0, 0.05) is 13.1 Å². The number of nitrogens with one attached hydrogen (secondary N) is 1. The van der Waals surface area contributed by atoms with Crippen molar-refractivity contribution in [2.75, 3.05) is 32.4 Å². The maximum Gasteiger partial charge on any atom is 0.214 e. The van der Waals surface area contributed by atoms with E-state index in [0.717, 1.165) is 32.5 Å². The maximum absolute atomic E-state index is 12.2. The summed E-state index contributed by atoms with van der Waals surface area (Å²) < 4.78 is 26.1. The fourth-order valence-corrected chi connectivity index (χ4v) is 4.93. The van der Waals surface area contributed by atoms with Gasteiger partial charge in [0.15, 0.2) is 0 Å². The van der Waals surface area contributed by atoms with E-state index in [1.807, 2.05) is 7.05 Å². The molecule has 0 aromatic heterocycles. The molecule has 5 heteroatoms. The van der Waals surface area contributed by atoms with E-state index in [1.165, 1.54) is 25.7 Å². The van der Waals surface area contributed by atoms with Crippen LogP contribution < -0.4 is 5.32 Å². The summed E-state index contributed by atoms with van der Waals surface area (Å²) in [7, 11) is -1.15. The first-order valence-corrected chi connectivity index (χ1v) is 8.81. The Balaban J connectivity index is 1.84. The Hall–Kier alpha value is -0.130. The van der Waals surface area contributed by atoms with Crippen molar-refractivity contribution < 1.29 is 8.42 Å². The monoisotopic (exact) mass is 274 g/mol. The van der Waals surface area contributed by atoms with Crippen LogP contribution >= 0.6 is 0 Å². The van der Waals surface area contributed by atoms with Gasteiger partial charge in [-0.15, -0.1) is 0 Å². The van der Waals surface area contributed by atoms with Crippen molar-refractivity contribution >= 4 is 10.0 Å². The highest BCUT2D eigenvalue weighted by Gasteiger charge is 2.39. The molecule has 1 aliphatic carbocycles. The van der Waals surface area contributed by atoms with Crippen LogP contribution in [-0.2, 0) is 10.0 Å². The Morgan fingerprint density at radius 3 is 2.28 bits per heavy atom. The first-order chi connectivity index (χ1) is 8.58. The van der Waals surface area contributed by atoms with E-state index >= 15 is 0 Å². The predicted molar refractivity (Wildman–Crippen MR) is 74.0 cm³/mol. The van der Waals surface area contributed by atoms with Crippen LogP contribution in [0, 0.1) is 5.41 Å². The molecule has 0 bridgehead atoms. The van der Waals surface area contributed by atoms with Gasteiger partial charge in [-0.1, -0.05) is 12.8 Å². The molecule has 2 aliphatic rings. The van der Waals surface area contributed by atoms with Crippen LogP contribution in [0.15, 0.2) is 0 Å². The SMILES string of the molecule is CNCCCS(=O)(=O)N1CCC2(CCCC2)CC1. The molecule has 1 aliphatic heterocycles. The van der Waals surface area contributed by atoms with Crippen molar-refractivity contribution in [2.24, 2.45) is 5.41 Å². The Morgan fingerprint density at radius 1 is 1.11 bits per heavy atom. The number of rotatable bonds is 5. The summed E-state index contributed by atoms with van der Waals surface area (Å²) >= 11 is 0. The van der Waals surface area contributed by atoms with Crippen molar-refractivity contribution in [3.8, 4) is 0 Å². The quantitative estimate of drug-likeness (QED) is 0.774. The normalized spacial score (nSPS) is 24.7. The minimum atomic E-state index is -3.01. The molecule has 0 radical (unpaired) electrons. The van der Waals surface area contributed by atoms with E-state index in [-0.39, 0.29) is 0 Å². The molecule has 2 fully saturated rings. The second kappa shape index (κ2) is 5.88. The highest BCUT2D eigenvalue weighted by Crippen LogP contribution is 2.46. The van der Waals surface area contributed by atoms with Gasteiger partial charge in [-0.25, -0.2) is 12.7 Å². The first-order valence-electron chi connectivity index (χ1n) is 7.20. The predicted octanol–water partition coefficient (Wildman–Crippen LogP) is 1.58. The van der Waals surface area contributed by atoms with Gasteiger partial charge in [0.2, 0.25) is 10.0 Å². The molecule has 0 amide bonds. The Morgan fingerprint density at radius 2 is 1.72 bits per heavy atom. The Bertz CT molecular complexity index is 351. The third-order valence-corrected chi connectivity index (χ3v) is 6.63. The van der Waals surface area contributed by atoms with Crippen LogP contribution in [0.4, 0.5) is 0 Å². The highest BCUT2D eigenvalue weighted by atomic mass is 32.2. The largest absolute Gasteiger partial charge is 0.320 e. The zero-order valence-electron chi connectivity index (χ0n) is 11.5. The summed E-state index contributed by atoms with van der Waals surface area (Å²) in [5, 5.41) is 3.00. The molecular weight excluding hydrogens is 248 g/mol.